The fourth-order valence-corrected chi connectivity index (χ4v) is 2.90. The summed E-state index contributed by atoms with van der Waals surface area (Å²) in [6, 6.07) is 19.1. The van der Waals surface area contributed by atoms with Crippen LogP contribution in [0.15, 0.2) is 59.1 Å². The molecule has 0 radical (unpaired) electrons. The van der Waals surface area contributed by atoms with E-state index in [-0.39, 0.29) is 5.54 Å². The quantitative estimate of drug-likeness (QED) is 0.915. The van der Waals surface area contributed by atoms with Gasteiger partial charge in [-0.1, -0.05) is 58.4 Å². The summed E-state index contributed by atoms with van der Waals surface area (Å²) in [6.07, 6.45) is 2.05. The van der Waals surface area contributed by atoms with Gasteiger partial charge in [-0.15, -0.1) is 0 Å². The fourth-order valence-electron chi connectivity index (χ4n) is 2.64. The van der Waals surface area contributed by atoms with Crippen LogP contribution in [0.5, 0.6) is 0 Å². The van der Waals surface area contributed by atoms with Crippen molar-refractivity contribution in [1.29, 1.82) is 0 Å². The Balaban J connectivity index is 1.74. The molecule has 0 aromatic heterocycles. The summed E-state index contributed by atoms with van der Waals surface area (Å²) in [7, 11) is 0. The highest BCUT2D eigenvalue weighted by Gasteiger charge is 2.51. The van der Waals surface area contributed by atoms with Gasteiger partial charge in [0.1, 0.15) is 0 Å². The molecule has 0 spiro atoms. The third-order valence-corrected chi connectivity index (χ3v) is 4.30. The molecule has 0 aliphatic heterocycles. The Labute approximate surface area is 116 Å². The number of benzene rings is 2. The Morgan fingerprint density at radius 3 is 2.39 bits per heavy atom. The molecule has 2 aromatic carbocycles. The highest BCUT2D eigenvalue weighted by molar-refractivity contribution is 9.10. The largest absolute Gasteiger partial charge is 0.324 e. The molecule has 3 rings (SSSR count). The van der Waals surface area contributed by atoms with Crippen molar-refractivity contribution in [3.63, 3.8) is 0 Å². The smallest absolute Gasteiger partial charge is 0.0271 e. The van der Waals surface area contributed by atoms with Crippen LogP contribution in [0.3, 0.4) is 0 Å². The predicted octanol–water partition coefficient (Wildman–Crippen LogP) is 3.88. The third-order valence-electron chi connectivity index (χ3n) is 3.77. The van der Waals surface area contributed by atoms with Crippen LogP contribution in [0.25, 0.3) is 0 Å². The highest BCUT2D eigenvalue weighted by atomic mass is 79.9. The van der Waals surface area contributed by atoms with Gasteiger partial charge in [-0.05, 0) is 36.1 Å². The van der Waals surface area contributed by atoms with Crippen molar-refractivity contribution in [3.8, 4) is 0 Å². The van der Waals surface area contributed by atoms with Gasteiger partial charge in [0.25, 0.3) is 0 Å². The normalized spacial score (nSPS) is 26.0. The molecule has 2 heteroatoms. The molecule has 2 unspecified atom stereocenters. The highest BCUT2D eigenvalue weighted by Crippen LogP contribution is 2.51. The summed E-state index contributed by atoms with van der Waals surface area (Å²) < 4.78 is 1.12. The van der Waals surface area contributed by atoms with Crippen LogP contribution in [0.4, 0.5) is 0 Å². The van der Waals surface area contributed by atoms with Crippen molar-refractivity contribution in [3.05, 3.63) is 70.2 Å². The summed E-state index contributed by atoms with van der Waals surface area (Å²) in [5.41, 5.74) is 9.13. The lowest BCUT2D eigenvalue weighted by atomic mass is 10.00. The Morgan fingerprint density at radius 1 is 1.06 bits per heavy atom. The number of rotatable bonds is 3. The van der Waals surface area contributed by atoms with E-state index in [9.17, 15) is 0 Å². The summed E-state index contributed by atoms with van der Waals surface area (Å²) in [4.78, 5) is 0. The van der Waals surface area contributed by atoms with E-state index in [2.05, 4.69) is 64.5 Å². The van der Waals surface area contributed by atoms with Crippen molar-refractivity contribution < 1.29 is 0 Å². The van der Waals surface area contributed by atoms with Gasteiger partial charge in [0.15, 0.2) is 0 Å². The minimum atomic E-state index is -0.0464. The van der Waals surface area contributed by atoms with Gasteiger partial charge in [-0.2, -0.15) is 0 Å². The second-order valence-corrected chi connectivity index (χ2v) is 6.12. The van der Waals surface area contributed by atoms with Crippen molar-refractivity contribution in [2.45, 2.75) is 24.3 Å². The molecule has 92 valence electrons. The van der Waals surface area contributed by atoms with Gasteiger partial charge < -0.3 is 5.73 Å². The Morgan fingerprint density at radius 2 is 1.72 bits per heavy atom. The van der Waals surface area contributed by atoms with E-state index in [4.69, 9.17) is 5.73 Å². The molecule has 1 saturated carbocycles. The first-order valence-corrected chi connectivity index (χ1v) is 7.05. The van der Waals surface area contributed by atoms with Crippen LogP contribution in [0.2, 0.25) is 0 Å². The number of hydrogen-bond donors (Lipinski definition) is 1. The molecular formula is C16H16BrN. The molecule has 2 N–H and O–H groups in total. The van der Waals surface area contributed by atoms with Crippen LogP contribution in [-0.4, -0.2) is 5.54 Å². The molecule has 0 heterocycles. The van der Waals surface area contributed by atoms with Gasteiger partial charge in [0.2, 0.25) is 0 Å². The van der Waals surface area contributed by atoms with Gasteiger partial charge in [0, 0.05) is 15.9 Å². The first-order chi connectivity index (χ1) is 8.67. The minimum absolute atomic E-state index is 0.0464. The first-order valence-electron chi connectivity index (χ1n) is 6.26. The van der Waals surface area contributed by atoms with Crippen LogP contribution in [0, 0.1) is 0 Å². The standard InChI is InChI=1S/C16H16BrN/c17-14-8-6-13(7-9-14)15-11-16(15,18)10-12-4-2-1-3-5-12/h1-9,15H,10-11,18H2. The topological polar surface area (TPSA) is 26.0 Å². The van der Waals surface area contributed by atoms with Crippen LogP contribution < -0.4 is 5.73 Å². The van der Waals surface area contributed by atoms with Crippen LogP contribution >= 0.6 is 15.9 Å². The minimum Gasteiger partial charge on any atom is -0.324 e. The van der Waals surface area contributed by atoms with Crippen LogP contribution in [-0.2, 0) is 6.42 Å². The van der Waals surface area contributed by atoms with E-state index in [1.54, 1.807) is 0 Å². The second kappa shape index (κ2) is 4.52. The van der Waals surface area contributed by atoms with E-state index >= 15 is 0 Å². The number of nitrogens with two attached hydrogens (primary N) is 1. The molecule has 2 atom stereocenters. The van der Waals surface area contributed by atoms with Gasteiger partial charge in [-0.25, -0.2) is 0 Å². The zero-order valence-electron chi connectivity index (χ0n) is 10.1. The summed E-state index contributed by atoms with van der Waals surface area (Å²) in [6.45, 7) is 0. The lowest BCUT2D eigenvalue weighted by Crippen LogP contribution is -2.27. The zero-order valence-corrected chi connectivity index (χ0v) is 11.7. The van der Waals surface area contributed by atoms with Crippen molar-refractivity contribution in [2.75, 3.05) is 0 Å². The predicted molar refractivity (Wildman–Crippen MR) is 78.6 cm³/mol. The molecule has 0 bridgehead atoms. The van der Waals surface area contributed by atoms with Gasteiger partial charge in [-0.3, -0.25) is 0 Å². The zero-order chi connectivity index (χ0) is 12.6. The monoisotopic (exact) mass is 301 g/mol. The molecular weight excluding hydrogens is 286 g/mol. The lowest BCUT2D eigenvalue weighted by Gasteiger charge is -2.12. The lowest BCUT2D eigenvalue weighted by molar-refractivity contribution is 0.646. The van der Waals surface area contributed by atoms with Crippen molar-refractivity contribution in [1.82, 2.24) is 0 Å². The summed E-state index contributed by atoms with van der Waals surface area (Å²) in [5, 5.41) is 0. The Hall–Kier alpha value is -1.12. The molecule has 1 aliphatic carbocycles. The van der Waals surface area contributed by atoms with E-state index in [0.29, 0.717) is 5.92 Å². The molecule has 1 aliphatic rings. The van der Waals surface area contributed by atoms with Gasteiger partial charge >= 0.3 is 0 Å². The van der Waals surface area contributed by atoms with E-state index in [0.717, 1.165) is 17.3 Å². The number of hydrogen-bond acceptors (Lipinski definition) is 1. The van der Waals surface area contributed by atoms with E-state index in [1.807, 2.05) is 6.07 Å². The Bertz CT molecular complexity index is 535. The maximum atomic E-state index is 6.48. The molecule has 18 heavy (non-hydrogen) atoms. The van der Waals surface area contributed by atoms with E-state index in [1.165, 1.54) is 11.1 Å². The van der Waals surface area contributed by atoms with Crippen molar-refractivity contribution in [2.24, 2.45) is 5.73 Å². The molecule has 1 nitrogen and oxygen atoms in total. The average molecular weight is 302 g/mol. The van der Waals surface area contributed by atoms with Crippen LogP contribution in [0.1, 0.15) is 23.5 Å². The third kappa shape index (κ3) is 2.36. The maximum Gasteiger partial charge on any atom is 0.0271 e. The fraction of sp³-hybridized carbons (Fsp3) is 0.250. The first kappa shape index (κ1) is 11.9. The average Bonchev–Trinajstić information content (AvgIpc) is 3.03. The van der Waals surface area contributed by atoms with Gasteiger partial charge in [0.05, 0.1) is 0 Å². The van der Waals surface area contributed by atoms with E-state index < -0.39 is 0 Å². The maximum absolute atomic E-state index is 6.48. The second-order valence-electron chi connectivity index (χ2n) is 5.20. The van der Waals surface area contributed by atoms with Crippen molar-refractivity contribution >= 4 is 15.9 Å². The summed E-state index contributed by atoms with van der Waals surface area (Å²) in [5.74, 6) is 0.505. The molecule has 0 saturated heterocycles. The molecule has 2 aromatic rings. The number of halogens is 1. The SMILES string of the molecule is NC1(Cc2ccccc2)CC1c1ccc(Br)cc1. The molecule has 1 fully saturated rings. The Kier molecular flexibility index (Phi) is 3.00. The molecule has 0 amide bonds. The summed E-state index contributed by atoms with van der Waals surface area (Å²) >= 11 is 3.47.